The molecule has 0 saturated carbocycles. The van der Waals surface area contributed by atoms with Gasteiger partial charge in [0, 0.05) is 13.6 Å². The molecular formula is C11H14N4O2. The Morgan fingerprint density at radius 3 is 2.94 bits per heavy atom. The average molecular weight is 234 g/mol. The first-order valence-corrected chi connectivity index (χ1v) is 5.26. The molecule has 6 nitrogen and oxygen atoms in total. The van der Waals surface area contributed by atoms with Gasteiger partial charge in [0.05, 0.1) is 11.3 Å². The van der Waals surface area contributed by atoms with Gasteiger partial charge in [0.15, 0.2) is 5.75 Å². The zero-order chi connectivity index (χ0) is 12.4. The van der Waals surface area contributed by atoms with Crippen LogP contribution in [0.4, 0.5) is 11.6 Å². The predicted molar refractivity (Wildman–Crippen MR) is 64.8 cm³/mol. The van der Waals surface area contributed by atoms with Crippen LogP contribution in [0.3, 0.4) is 0 Å². The molecule has 1 aromatic heterocycles. The zero-order valence-corrected chi connectivity index (χ0v) is 9.71. The van der Waals surface area contributed by atoms with Crippen molar-refractivity contribution in [3.8, 4) is 17.2 Å². The molecule has 0 atom stereocenters. The highest BCUT2D eigenvalue weighted by Crippen LogP contribution is 2.33. The van der Waals surface area contributed by atoms with Crippen molar-refractivity contribution in [3.63, 3.8) is 0 Å². The summed E-state index contributed by atoms with van der Waals surface area (Å²) in [5, 5.41) is 13.6. The van der Waals surface area contributed by atoms with Crippen LogP contribution in [-0.2, 0) is 0 Å². The van der Waals surface area contributed by atoms with Crippen molar-refractivity contribution in [2.75, 3.05) is 24.2 Å². The molecule has 0 aliphatic heterocycles. The van der Waals surface area contributed by atoms with Gasteiger partial charge < -0.3 is 20.3 Å². The van der Waals surface area contributed by atoms with E-state index in [9.17, 15) is 5.11 Å². The van der Waals surface area contributed by atoms with E-state index in [-0.39, 0.29) is 17.3 Å². The molecule has 0 radical (unpaired) electrons. The number of nitrogen functional groups attached to an aromatic ring is 1. The molecule has 90 valence electrons. The number of nitrogens with zero attached hydrogens (tertiary/aromatic N) is 3. The van der Waals surface area contributed by atoms with Crippen LogP contribution in [0.2, 0.25) is 0 Å². The van der Waals surface area contributed by atoms with E-state index < -0.39 is 0 Å². The third kappa shape index (κ3) is 2.01. The Hall–Kier alpha value is -2.24. The van der Waals surface area contributed by atoms with E-state index >= 15 is 0 Å². The summed E-state index contributed by atoms with van der Waals surface area (Å²) in [6, 6.07) is 5.00. The number of rotatable bonds is 3. The van der Waals surface area contributed by atoms with Gasteiger partial charge in [0.1, 0.15) is 0 Å². The summed E-state index contributed by atoms with van der Waals surface area (Å²) in [7, 11) is 1.86. The molecule has 2 aromatic rings. The number of phenols is 1. The first-order valence-electron chi connectivity index (χ1n) is 5.26. The van der Waals surface area contributed by atoms with Crippen LogP contribution in [0.25, 0.3) is 11.5 Å². The lowest BCUT2D eigenvalue weighted by Gasteiger charge is -2.08. The van der Waals surface area contributed by atoms with Gasteiger partial charge in [-0.25, -0.2) is 0 Å². The van der Waals surface area contributed by atoms with Crippen LogP contribution in [0.5, 0.6) is 5.75 Å². The summed E-state index contributed by atoms with van der Waals surface area (Å²) in [5.41, 5.74) is 6.32. The fraction of sp³-hybridized carbons (Fsp3) is 0.273. The van der Waals surface area contributed by atoms with E-state index in [1.54, 1.807) is 18.2 Å². The highest BCUT2D eigenvalue weighted by Gasteiger charge is 2.15. The smallest absolute Gasteiger partial charge is 0.266 e. The first-order chi connectivity index (χ1) is 8.13. The number of aromatic nitrogens is 2. The minimum absolute atomic E-state index is 0.0400. The number of benzene rings is 1. The summed E-state index contributed by atoms with van der Waals surface area (Å²) < 4.78 is 5.09. The van der Waals surface area contributed by atoms with E-state index in [4.69, 9.17) is 10.3 Å². The molecule has 2 rings (SSSR count). The van der Waals surface area contributed by atoms with Gasteiger partial charge in [-0.3, -0.25) is 0 Å². The van der Waals surface area contributed by atoms with Crippen molar-refractivity contribution in [2.45, 2.75) is 6.92 Å². The molecule has 0 fully saturated rings. The Balaban J connectivity index is 2.40. The molecular weight excluding hydrogens is 220 g/mol. The molecule has 0 aliphatic rings. The maximum atomic E-state index is 9.79. The van der Waals surface area contributed by atoms with Crippen LogP contribution in [0.1, 0.15) is 6.92 Å². The molecule has 0 saturated heterocycles. The molecule has 0 amide bonds. The summed E-state index contributed by atoms with van der Waals surface area (Å²) in [6.45, 7) is 2.75. The van der Waals surface area contributed by atoms with Crippen molar-refractivity contribution in [1.29, 1.82) is 0 Å². The number of hydrogen-bond donors (Lipinski definition) is 2. The van der Waals surface area contributed by atoms with E-state index in [0.29, 0.717) is 11.5 Å². The summed E-state index contributed by atoms with van der Waals surface area (Å²) in [5.74, 6) is 0.691. The van der Waals surface area contributed by atoms with Crippen LogP contribution >= 0.6 is 0 Å². The van der Waals surface area contributed by atoms with Crippen molar-refractivity contribution >= 4 is 11.6 Å². The van der Waals surface area contributed by atoms with Crippen LogP contribution in [0, 0.1) is 0 Å². The van der Waals surface area contributed by atoms with Gasteiger partial charge in [-0.1, -0.05) is 6.07 Å². The van der Waals surface area contributed by atoms with E-state index in [0.717, 1.165) is 6.54 Å². The van der Waals surface area contributed by atoms with Gasteiger partial charge in [-0.2, -0.15) is 4.98 Å². The van der Waals surface area contributed by atoms with Crippen LogP contribution in [-0.4, -0.2) is 28.8 Å². The molecule has 3 N–H and O–H groups in total. The summed E-state index contributed by atoms with van der Waals surface area (Å²) in [4.78, 5) is 6.02. The maximum absolute atomic E-state index is 9.79. The minimum Gasteiger partial charge on any atom is -0.505 e. The minimum atomic E-state index is -0.0400. The van der Waals surface area contributed by atoms with E-state index in [1.165, 1.54) is 0 Å². The largest absolute Gasteiger partial charge is 0.505 e. The summed E-state index contributed by atoms with van der Waals surface area (Å²) in [6.07, 6.45) is 0. The maximum Gasteiger partial charge on any atom is 0.266 e. The van der Waals surface area contributed by atoms with Crippen molar-refractivity contribution < 1.29 is 9.63 Å². The lowest BCUT2D eigenvalue weighted by atomic mass is 10.2. The quantitative estimate of drug-likeness (QED) is 0.617. The second-order valence-corrected chi connectivity index (χ2v) is 3.66. The van der Waals surface area contributed by atoms with Gasteiger partial charge >= 0.3 is 0 Å². The Labute approximate surface area is 98.7 Å². The number of hydrogen-bond acceptors (Lipinski definition) is 6. The topological polar surface area (TPSA) is 88.4 Å². The van der Waals surface area contributed by atoms with Gasteiger partial charge in [0.25, 0.3) is 11.8 Å². The van der Waals surface area contributed by atoms with Crippen molar-refractivity contribution in [3.05, 3.63) is 18.2 Å². The van der Waals surface area contributed by atoms with Gasteiger partial charge in [0.2, 0.25) is 0 Å². The highest BCUT2D eigenvalue weighted by molar-refractivity contribution is 5.71. The number of para-hydroxylation sites is 1. The second kappa shape index (κ2) is 4.32. The highest BCUT2D eigenvalue weighted by atomic mass is 16.5. The van der Waals surface area contributed by atoms with Crippen molar-refractivity contribution in [1.82, 2.24) is 10.1 Å². The molecule has 0 unspecified atom stereocenters. The first kappa shape index (κ1) is 11.3. The molecule has 17 heavy (non-hydrogen) atoms. The third-order valence-corrected chi connectivity index (χ3v) is 2.53. The number of anilines is 2. The summed E-state index contributed by atoms with van der Waals surface area (Å²) >= 11 is 0. The number of aromatic hydroxyl groups is 1. The van der Waals surface area contributed by atoms with Crippen LogP contribution in [0.15, 0.2) is 22.7 Å². The standard InChI is InChI=1S/C11H14N4O2/c1-3-15(2)11-13-10(17-14-11)7-5-4-6-8(12)9(7)16/h4-6,16H,3,12H2,1-2H3. The third-order valence-electron chi connectivity index (χ3n) is 2.53. The van der Waals surface area contributed by atoms with Gasteiger partial charge in [-0.15, -0.1) is 0 Å². The average Bonchev–Trinajstić information content (AvgIpc) is 2.81. The predicted octanol–water partition coefficient (Wildman–Crippen LogP) is 1.48. The van der Waals surface area contributed by atoms with E-state index in [2.05, 4.69) is 10.1 Å². The second-order valence-electron chi connectivity index (χ2n) is 3.66. The van der Waals surface area contributed by atoms with E-state index in [1.807, 2.05) is 18.9 Å². The van der Waals surface area contributed by atoms with Crippen LogP contribution < -0.4 is 10.6 Å². The molecule has 0 spiro atoms. The molecule has 6 heteroatoms. The lowest BCUT2D eigenvalue weighted by molar-refractivity contribution is 0.424. The molecule has 1 heterocycles. The Morgan fingerprint density at radius 1 is 1.47 bits per heavy atom. The fourth-order valence-corrected chi connectivity index (χ4v) is 1.36. The van der Waals surface area contributed by atoms with Gasteiger partial charge in [-0.05, 0) is 24.2 Å². The number of phenolic OH excluding ortho intramolecular Hbond substituents is 1. The monoisotopic (exact) mass is 234 g/mol. The number of nitrogens with two attached hydrogens (primary N) is 1. The van der Waals surface area contributed by atoms with Crippen molar-refractivity contribution in [2.24, 2.45) is 0 Å². The normalized spacial score (nSPS) is 10.5. The fourth-order valence-electron chi connectivity index (χ4n) is 1.36. The lowest BCUT2D eigenvalue weighted by Crippen LogP contribution is -2.16. The Morgan fingerprint density at radius 2 is 2.24 bits per heavy atom. The zero-order valence-electron chi connectivity index (χ0n) is 9.71. The Kier molecular flexibility index (Phi) is 2.86. The Bertz CT molecular complexity index is 524. The molecule has 0 bridgehead atoms. The molecule has 1 aromatic carbocycles. The SMILES string of the molecule is CCN(C)c1noc(-c2cccc(N)c2O)n1. The molecule has 0 aliphatic carbocycles.